The Morgan fingerprint density at radius 2 is 2.00 bits per heavy atom. The van der Waals surface area contributed by atoms with E-state index in [0.29, 0.717) is 12.2 Å². The van der Waals surface area contributed by atoms with Crippen molar-refractivity contribution in [3.8, 4) is 0 Å². The Labute approximate surface area is 124 Å². The van der Waals surface area contributed by atoms with Crippen LogP contribution < -0.4 is 11.3 Å². The average molecular weight is 330 g/mol. The van der Waals surface area contributed by atoms with E-state index in [1.807, 2.05) is 42.5 Å². The summed E-state index contributed by atoms with van der Waals surface area (Å²) < 4.78 is 2.60. The lowest BCUT2D eigenvalue weighted by atomic mass is 10.1. The van der Waals surface area contributed by atoms with E-state index >= 15 is 0 Å². The third kappa shape index (κ3) is 2.32. The van der Waals surface area contributed by atoms with Crippen molar-refractivity contribution in [2.24, 2.45) is 0 Å². The smallest absolute Gasteiger partial charge is 0.269 e. The highest BCUT2D eigenvalue weighted by Gasteiger charge is 2.07. The molecule has 0 saturated heterocycles. The van der Waals surface area contributed by atoms with Crippen LogP contribution in [0.2, 0.25) is 0 Å². The zero-order chi connectivity index (χ0) is 14.1. The molecule has 100 valence electrons. The fourth-order valence-electron chi connectivity index (χ4n) is 2.16. The van der Waals surface area contributed by atoms with Gasteiger partial charge in [-0.3, -0.25) is 4.79 Å². The number of aromatic nitrogens is 2. The lowest BCUT2D eigenvalue weighted by molar-refractivity contribution is 0.788. The van der Waals surface area contributed by atoms with E-state index in [-0.39, 0.29) is 5.56 Å². The van der Waals surface area contributed by atoms with Crippen molar-refractivity contribution in [2.45, 2.75) is 6.54 Å². The van der Waals surface area contributed by atoms with Crippen molar-refractivity contribution >= 4 is 32.7 Å². The molecule has 4 nitrogen and oxygen atoms in total. The molecule has 2 aromatic carbocycles. The molecule has 20 heavy (non-hydrogen) atoms. The molecule has 0 atom stereocenters. The molecule has 3 aromatic rings. The van der Waals surface area contributed by atoms with Gasteiger partial charge in [0.2, 0.25) is 0 Å². The van der Waals surface area contributed by atoms with Crippen LogP contribution in [-0.4, -0.2) is 9.55 Å². The van der Waals surface area contributed by atoms with Gasteiger partial charge in [0, 0.05) is 10.2 Å². The van der Waals surface area contributed by atoms with Gasteiger partial charge in [0.25, 0.3) is 5.56 Å². The van der Waals surface area contributed by atoms with Crippen molar-refractivity contribution in [3.63, 3.8) is 0 Å². The maximum atomic E-state index is 12.1. The fourth-order valence-corrected chi connectivity index (χ4v) is 2.54. The fraction of sp³-hybridized carbons (Fsp3) is 0.0667. The van der Waals surface area contributed by atoms with Crippen molar-refractivity contribution < 1.29 is 0 Å². The third-order valence-electron chi connectivity index (χ3n) is 3.19. The molecule has 1 aromatic heterocycles. The van der Waals surface area contributed by atoms with Gasteiger partial charge in [0.1, 0.15) is 0 Å². The first-order valence-corrected chi connectivity index (χ1v) is 6.93. The molecule has 2 N–H and O–H groups in total. The molecule has 0 bridgehead atoms. The zero-order valence-corrected chi connectivity index (χ0v) is 12.2. The van der Waals surface area contributed by atoms with Gasteiger partial charge in [-0.2, -0.15) is 0 Å². The molecule has 5 heteroatoms. The summed E-state index contributed by atoms with van der Waals surface area (Å²) in [5.41, 5.74) is 9.04. The van der Waals surface area contributed by atoms with Crippen LogP contribution in [0.3, 0.4) is 0 Å². The van der Waals surface area contributed by atoms with Crippen LogP contribution in [0.1, 0.15) is 5.56 Å². The van der Waals surface area contributed by atoms with Crippen LogP contribution in [0.4, 0.5) is 5.69 Å². The molecule has 0 fully saturated rings. The van der Waals surface area contributed by atoms with E-state index in [4.69, 9.17) is 5.73 Å². The second-order valence-electron chi connectivity index (χ2n) is 4.51. The van der Waals surface area contributed by atoms with Gasteiger partial charge < -0.3 is 10.3 Å². The van der Waals surface area contributed by atoms with Crippen LogP contribution in [-0.2, 0) is 6.54 Å². The summed E-state index contributed by atoms with van der Waals surface area (Å²) in [5, 5.41) is 0. The number of halogens is 1. The predicted molar refractivity (Wildman–Crippen MR) is 83.7 cm³/mol. The van der Waals surface area contributed by atoms with Crippen molar-refractivity contribution in [1.29, 1.82) is 0 Å². The number of rotatable bonds is 2. The number of anilines is 1. The van der Waals surface area contributed by atoms with Crippen LogP contribution >= 0.6 is 15.9 Å². The quantitative estimate of drug-likeness (QED) is 0.735. The average Bonchev–Trinajstić information content (AvgIpc) is 2.44. The summed E-state index contributed by atoms with van der Waals surface area (Å²) in [6, 6.07) is 13.2. The maximum absolute atomic E-state index is 12.1. The van der Waals surface area contributed by atoms with Crippen molar-refractivity contribution in [2.75, 3.05) is 5.73 Å². The summed E-state index contributed by atoms with van der Waals surface area (Å²) in [4.78, 5) is 16.2. The van der Waals surface area contributed by atoms with Crippen LogP contribution in [0, 0.1) is 0 Å². The van der Waals surface area contributed by atoms with Crippen LogP contribution in [0.25, 0.3) is 11.0 Å². The third-order valence-corrected chi connectivity index (χ3v) is 3.68. The number of para-hydroxylation sites is 2. The van der Waals surface area contributed by atoms with Gasteiger partial charge in [0.15, 0.2) is 0 Å². The highest BCUT2D eigenvalue weighted by atomic mass is 79.9. The first-order chi connectivity index (χ1) is 9.65. The molecular formula is C15H12BrN3O. The molecule has 1 heterocycles. The second kappa shape index (κ2) is 5.09. The SMILES string of the molecule is Nc1cc(Br)ccc1Cn1c(=O)cnc2ccccc21. The predicted octanol–water partition coefficient (Wildman–Crippen LogP) is 2.79. The Morgan fingerprint density at radius 1 is 1.20 bits per heavy atom. The molecule has 0 amide bonds. The Kier molecular flexibility index (Phi) is 3.28. The number of fused-ring (bicyclic) bond motifs is 1. The minimum Gasteiger partial charge on any atom is -0.398 e. The van der Waals surface area contributed by atoms with Gasteiger partial charge in [0.05, 0.1) is 23.8 Å². The maximum Gasteiger partial charge on any atom is 0.269 e. The lowest BCUT2D eigenvalue weighted by Gasteiger charge is -2.11. The standard InChI is InChI=1S/C15H12BrN3O/c16-11-6-5-10(12(17)7-11)9-19-14-4-2-1-3-13(14)18-8-15(19)20/h1-8H,9,17H2. The Morgan fingerprint density at radius 3 is 2.80 bits per heavy atom. The van der Waals surface area contributed by atoms with Gasteiger partial charge in [-0.05, 0) is 29.8 Å². The molecule has 3 rings (SSSR count). The topological polar surface area (TPSA) is 60.9 Å². The Balaban J connectivity index is 2.15. The minimum atomic E-state index is -0.133. The molecular weight excluding hydrogens is 318 g/mol. The highest BCUT2D eigenvalue weighted by Crippen LogP contribution is 2.20. The van der Waals surface area contributed by atoms with E-state index in [1.165, 1.54) is 6.20 Å². The number of nitrogen functional groups attached to an aromatic ring is 1. The van der Waals surface area contributed by atoms with Crippen LogP contribution in [0.5, 0.6) is 0 Å². The largest absolute Gasteiger partial charge is 0.398 e. The number of benzene rings is 2. The molecule has 0 radical (unpaired) electrons. The van der Waals surface area contributed by atoms with Gasteiger partial charge in [-0.15, -0.1) is 0 Å². The van der Waals surface area contributed by atoms with Crippen molar-refractivity contribution in [1.82, 2.24) is 9.55 Å². The molecule has 0 aliphatic heterocycles. The number of hydrogen-bond acceptors (Lipinski definition) is 3. The Hall–Kier alpha value is -2.14. The van der Waals surface area contributed by atoms with Gasteiger partial charge >= 0.3 is 0 Å². The molecule has 0 aliphatic carbocycles. The summed E-state index contributed by atoms with van der Waals surface area (Å²) in [6.07, 6.45) is 1.34. The Bertz CT molecular complexity index is 842. The van der Waals surface area contributed by atoms with Crippen LogP contribution in [0.15, 0.2) is 57.9 Å². The van der Waals surface area contributed by atoms with E-state index in [0.717, 1.165) is 21.1 Å². The summed E-state index contributed by atoms with van der Waals surface area (Å²) in [7, 11) is 0. The summed E-state index contributed by atoms with van der Waals surface area (Å²) in [5.74, 6) is 0. The van der Waals surface area contributed by atoms with E-state index < -0.39 is 0 Å². The van der Waals surface area contributed by atoms with E-state index in [1.54, 1.807) is 4.57 Å². The lowest BCUT2D eigenvalue weighted by Crippen LogP contribution is -2.21. The van der Waals surface area contributed by atoms with Crippen molar-refractivity contribution in [3.05, 3.63) is 69.1 Å². The molecule has 0 saturated carbocycles. The molecule has 0 aliphatic rings. The van der Waals surface area contributed by atoms with E-state index in [9.17, 15) is 4.79 Å². The summed E-state index contributed by atoms with van der Waals surface area (Å²) >= 11 is 3.38. The second-order valence-corrected chi connectivity index (χ2v) is 5.43. The minimum absolute atomic E-state index is 0.133. The summed E-state index contributed by atoms with van der Waals surface area (Å²) in [6.45, 7) is 0.432. The number of nitrogens with two attached hydrogens (primary N) is 1. The molecule has 0 spiro atoms. The first-order valence-electron chi connectivity index (χ1n) is 6.13. The highest BCUT2D eigenvalue weighted by molar-refractivity contribution is 9.10. The van der Waals surface area contributed by atoms with Gasteiger partial charge in [-0.25, -0.2) is 4.98 Å². The van der Waals surface area contributed by atoms with E-state index in [2.05, 4.69) is 20.9 Å². The van der Waals surface area contributed by atoms with Gasteiger partial charge in [-0.1, -0.05) is 34.1 Å². The normalized spacial score (nSPS) is 10.8. The zero-order valence-electron chi connectivity index (χ0n) is 10.6. The first kappa shape index (κ1) is 12.9. The number of hydrogen-bond donors (Lipinski definition) is 1. The number of nitrogens with zero attached hydrogens (tertiary/aromatic N) is 2. The monoisotopic (exact) mass is 329 g/mol. The molecule has 0 unspecified atom stereocenters.